The number of nitrogens with one attached hydrogen (secondary N) is 2. The van der Waals surface area contributed by atoms with Crippen molar-refractivity contribution < 1.29 is 22.7 Å². The Balaban J connectivity index is 1.58. The third-order valence-electron chi connectivity index (χ3n) is 3.95. The Hall–Kier alpha value is -3.04. The molecule has 0 heterocycles. The second-order valence-electron chi connectivity index (χ2n) is 6.15. The molecule has 0 aliphatic heterocycles. The van der Waals surface area contributed by atoms with Crippen LogP contribution in [0.1, 0.15) is 0 Å². The summed E-state index contributed by atoms with van der Waals surface area (Å²) in [4.78, 5) is 12.1. The molecule has 0 aliphatic carbocycles. The maximum Gasteiger partial charge on any atom is 0.262 e. The fourth-order valence-corrected chi connectivity index (χ4v) is 3.81. The number of carbonyl (C=O) groups excluding carboxylic acids is 1. The molecule has 0 spiro atoms. The molecule has 2 N–H and O–H groups in total. The van der Waals surface area contributed by atoms with Gasteiger partial charge in [0.2, 0.25) is 0 Å². The number of halogens is 1. The van der Waals surface area contributed by atoms with Gasteiger partial charge in [-0.1, -0.05) is 22.0 Å². The first-order valence-corrected chi connectivity index (χ1v) is 11.1. The van der Waals surface area contributed by atoms with Gasteiger partial charge in [-0.2, -0.15) is 0 Å². The van der Waals surface area contributed by atoms with Crippen LogP contribution < -0.4 is 19.5 Å². The van der Waals surface area contributed by atoms with Gasteiger partial charge >= 0.3 is 0 Å². The van der Waals surface area contributed by atoms with E-state index in [1.54, 1.807) is 36.4 Å². The molecule has 3 aromatic carbocycles. The number of hydrogen-bond donors (Lipinski definition) is 2. The zero-order valence-electron chi connectivity index (χ0n) is 16.0. The molecular weight excluding hydrogens is 472 g/mol. The predicted molar refractivity (Wildman–Crippen MR) is 119 cm³/mol. The summed E-state index contributed by atoms with van der Waals surface area (Å²) in [5.41, 5.74) is 1.04. The molecule has 0 aliphatic rings. The lowest BCUT2D eigenvalue weighted by Gasteiger charge is -2.11. The Bertz CT molecular complexity index is 1120. The van der Waals surface area contributed by atoms with E-state index >= 15 is 0 Å². The van der Waals surface area contributed by atoms with Crippen LogP contribution in [0.5, 0.6) is 11.5 Å². The molecule has 0 radical (unpaired) electrons. The summed E-state index contributed by atoms with van der Waals surface area (Å²) in [6, 6.07) is 19.6. The van der Waals surface area contributed by atoms with Crippen molar-refractivity contribution in [3.8, 4) is 11.5 Å². The van der Waals surface area contributed by atoms with Crippen LogP contribution in [0.25, 0.3) is 0 Å². The highest BCUT2D eigenvalue weighted by molar-refractivity contribution is 9.10. The summed E-state index contributed by atoms with van der Waals surface area (Å²) in [5, 5.41) is 2.71. The normalized spacial score (nSPS) is 10.9. The average molecular weight is 491 g/mol. The van der Waals surface area contributed by atoms with Gasteiger partial charge in [0.1, 0.15) is 11.5 Å². The van der Waals surface area contributed by atoms with E-state index in [1.807, 2.05) is 12.1 Å². The minimum absolute atomic E-state index is 0.0667. The van der Waals surface area contributed by atoms with Crippen LogP contribution in [0.15, 0.2) is 82.2 Å². The van der Waals surface area contributed by atoms with E-state index in [2.05, 4.69) is 26.0 Å². The molecule has 0 saturated heterocycles. The van der Waals surface area contributed by atoms with Crippen LogP contribution >= 0.6 is 15.9 Å². The zero-order valence-corrected chi connectivity index (χ0v) is 18.4. The molecule has 7 nitrogen and oxygen atoms in total. The second-order valence-corrected chi connectivity index (χ2v) is 8.75. The maximum absolute atomic E-state index is 12.5. The number of carbonyl (C=O) groups is 1. The molecule has 0 fully saturated rings. The standard InChI is InChI=1S/C21H19BrN2O5S/c1-28-19-4-2-3-17(13-19)24-30(26,27)20-11-9-18(10-12-20)29-14-21(25)23-16-7-5-15(22)6-8-16/h2-13,24H,14H2,1H3,(H,23,25). The Kier molecular flexibility index (Phi) is 6.96. The minimum Gasteiger partial charge on any atom is -0.497 e. The Morgan fingerprint density at radius 1 is 0.933 bits per heavy atom. The first kappa shape index (κ1) is 21.7. The van der Waals surface area contributed by atoms with Crippen LogP contribution in [0.3, 0.4) is 0 Å². The molecule has 0 saturated carbocycles. The van der Waals surface area contributed by atoms with Crippen LogP contribution in [0.4, 0.5) is 11.4 Å². The summed E-state index contributed by atoms with van der Waals surface area (Å²) in [5.74, 6) is 0.593. The molecule has 30 heavy (non-hydrogen) atoms. The van der Waals surface area contributed by atoms with Crippen molar-refractivity contribution in [3.63, 3.8) is 0 Å². The highest BCUT2D eigenvalue weighted by Gasteiger charge is 2.15. The number of sulfonamides is 1. The third-order valence-corrected chi connectivity index (χ3v) is 5.88. The topological polar surface area (TPSA) is 93.7 Å². The number of anilines is 2. The van der Waals surface area contributed by atoms with Gasteiger partial charge in [-0.3, -0.25) is 9.52 Å². The summed E-state index contributed by atoms with van der Waals surface area (Å²) >= 11 is 3.33. The fourth-order valence-electron chi connectivity index (χ4n) is 2.49. The Labute approximate surface area is 183 Å². The van der Waals surface area contributed by atoms with Crippen molar-refractivity contribution >= 4 is 43.2 Å². The van der Waals surface area contributed by atoms with Crippen LogP contribution in [-0.4, -0.2) is 28.0 Å². The van der Waals surface area contributed by atoms with E-state index in [0.29, 0.717) is 22.9 Å². The molecular formula is C21H19BrN2O5S. The van der Waals surface area contributed by atoms with Gasteiger partial charge in [-0.15, -0.1) is 0 Å². The fraction of sp³-hybridized carbons (Fsp3) is 0.0952. The summed E-state index contributed by atoms with van der Waals surface area (Å²) < 4.78 is 39.0. The lowest BCUT2D eigenvalue weighted by molar-refractivity contribution is -0.118. The summed E-state index contributed by atoms with van der Waals surface area (Å²) in [6.45, 7) is -0.204. The van der Waals surface area contributed by atoms with E-state index in [-0.39, 0.29) is 17.4 Å². The number of amides is 1. The molecule has 156 valence electrons. The van der Waals surface area contributed by atoms with E-state index in [9.17, 15) is 13.2 Å². The molecule has 1 amide bonds. The zero-order chi connectivity index (χ0) is 21.6. The molecule has 3 rings (SSSR count). The van der Waals surface area contributed by atoms with Gasteiger partial charge in [0.05, 0.1) is 17.7 Å². The Morgan fingerprint density at radius 2 is 1.63 bits per heavy atom. The van der Waals surface area contributed by atoms with Crippen LogP contribution in [0, 0.1) is 0 Å². The van der Waals surface area contributed by atoms with Crippen molar-refractivity contribution in [3.05, 3.63) is 77.3 Å². The van der Waals surface area contributed by atoms with Crippen LogP contribution in [-0.2, 0) is 14.8 Å². The molecule has 0 aromatic heterocycles. The average Bonchev–Trinajstić information content (AvgIpc) is 2.74. The highest BCUT2D eigenvalue weighted by Crippen LogP contribution is 2.22. The number of methoxy groups -OCH3 is 1. The van der Waals surface area contributed by atoms with E-state index < -0.39 is 10.0 Å². The van der Waals surface area contributed by atoms with E-state index in [4.69, 9.17) is 9.47 Å². The largest absolute Gasteiger partial charge is 0.497 e. The van der Waals surface area contributed by atoms with Crippen molar-refractivity contribution in [2.75, 3.05) is 23.8 Å². The van der Waals surface area contributed by atoms with Crippen molar-refractivity contribution in [1.29, 1.82) is 0 Å². The Morgan fingerprint density at radius 3 is 2.30 bits per heavy atom. The summed E-state index contributed by atoms with van der Waals surface area (Å²) in [7, 11) is -2.27. The summed E-state index contributed by atoms with van der Waals surface area (Å²) in [6.07, 6.45) is 0. The molecule has 0 atom stereocenters. The van der Waals surface area contributed by atoms with Crippen LogP contribution in [0.2, 0.25) is 0 Å². The lowest BCUT2D eigenvalue weighted by Crippen LogP contribution is -2.20. The smallest absolute Gasteiger partial charge is 0.262 e. The second kappa shape index (κ2) is 9.64. The predicted octanol–water partition coefficient (Wildman–Crippen LogP) is 4.28. The minimum atomic E-state index is -3.77. The van der Waals surface area contributed by atoms with Crippen molar-refractivity contribution in [2.45, 2.75) is 4.90 Å². The van der Waals surface area contributed by atoms with Gasteiger partial charge < -0.3 is 14.8 Å². The van der Waals surface area contributed by atoms with Gasteiger partial charge in [-0.05, 0) is 60.7 Å². The highest BCUT2D eigenvalue weighted by atomic mass is 79.9. The SMILES string of the molecule is COc1cccc(NS(=O)(=O)c2ccc(OCC(=O)Nc3ccc(Br)cc3)cc2)c1. The third kappa shape index (κ3) is 5.98. The number of ether oxygens (including phenoxy) is 2. The molecule has 0 unspecified atom stereocenters. The molecule has 3 aromatic rings. The van der Waals surface area contributed by atoms with Gasteiger partial charge in [0.15, 0.2) is 6.61 Å². The van der Waals surface area contributed by atoms with E-state index in [0.717, 1.165) is 4.47 Å². The van der Waals surface area contributed by atoms with Gasteiger partial charge in [-0.25, -0.2) is 8.42 Å². The quantitative estimate of drug-likeness (QED) is 0.491. The molecule has 9 heteroatoms. The monoisotopic (exact) mass is 490 g/mol. The maximum atomic E-state index is 12.5. The number of hydrogen-bond acceptors (Lipinski definition) is 5. The van der Waals surface area contributed by atoms with Crippen molar-refractivity contribution in [1.82, 2.24) is 0 Å². The molecule has 0 bridgehead atoms. The number of rotatable bonds is 8. The lowest BCUT2D eigenvalue weighted by atomic mass is 10.3. The van der Waals surface area contributed by atoms with Gasteiger partial charge in [0.25, 0.3) is 15.9 Å². The number of benzene rings is 3. The van der Waals surface area contributed by atoms with E-state index in [1.165, 1.54) is 31.4 Å². The van der Waals surface area contributed by atoms with Crippen molar-refractivity contribution in [2.24, 2.45) is 0 Å². The van der Waals surface area contributed by atoms with Gasteiger partial charge in [0, 0.05) is 16.2 Å². The first-order valence-electron chi connectivity index (χ1n) is 8.81. The first-order chi connectivity index (χ1) is 14.4.